The van der Waals surface area contributed by atoms with Crippen LogP contribution in [0.2, 0.25) is 10.0 Å². The first kappa shape index (κ1) is 18.5. The SMILES string of the molecule is O=C1NC2(CCCC2)Nn2c1c(Cl)cc(Nc1ncnc(NC3CC3)c1Cl)c2=O. The molecule has 4 N–H and O–H groups in total. The van der Waals surface area contributed by atoms with Crippen molar-refractivity contribution in [1.82, 2.24) is 20.0 Å². The number of halogens is 2. The molecule has 2 fully saturated rings. The van der Waals surface area contributed by atoms with Crippen LogP contribution in [-0.2, 0) is 0 Å². The topological polar surface area (TPSA) is 113 Å². The van der Waals surface area contributed by atoms with E-state index >= 15 is 0 Å². The molecule has 11 heteroatoms. The molecule has 1 spiro atoms. The van der Waals surface area contributed by atoms with Crippen molar-refractivity contribution in [2.24, 2.45) is 0 Å². The van der Waals surface area contributed by atoms with Gasteiger partial charge in [0.1, 0.15) is 28.4 Å². The molecule has 0 aromatic carbocycles. The highest BCUT2D eigenvalue weighted by atomic mass is 35.5. The van der Waals surface area contributed by atoms with E-state index in [-0.39, 0.29) is 33.2 Å². The van der Waals surface area contributed by atoms with Crippen LogP contribution in [0.25, 0.3) is 0 Å². The fourth-order valence-corrected chi connectivity index (χ4v) is 4.31. The lowest BCUT2D eigenvalue weighted by Crippen LogP contribution is -2.62. The molecule has 0 radical (unpaired) electrons. The van der Waals surface area contributed by atoms with Crippen molar-refractivity contribution in [1.29, 1.82) is 0 Å². The van der Waals surface area contributed by atoms with Crippen molar-refractivity contribution in [2.75, 3.05) is 16.1 Å². The molecule has 2 aromatic heterocycles. The third kappa shape index (κ3) is 3.28. The quantitative estimate of drug-likeness (QED) is 0.583. The summed E-state index contributed by atoms with van der Waals surface area (Å²) in [7, 11) is 0. The van der Waals surface area contributed by atoms with Crippen molar-refractivity contribution >= 4 is 46.4 Å². The van der Waals surface area contributed by atoms with Gasteiger partial charge in [0.15, 0.2) is 11.6 Å². The first-order valence-electron chi connectivity index (χ1n) is 9.56. The van der Waals surface area contributed by atoms with Gasteiger partial charge in [0, 0.05) is 6.04 Å². The highest BCUT2D eigenvalue weighted by Crippen LogP contribution is 2.34. The first-order chi connectivity index (χ1) is 14.0. The normalized spacial score (nSPS) is 19.4. The van der Waals surface area contributed by atoms with E-state index in [9.17, 15) is 9.59 Å². The summed E-state index contributed by atoms with van der Waals surface area (Å²) in [5, 5.41) is 9.57. The molecule has 3 heterocycles. The number of nitrogens with zero attached hydrogens (tertiary/aromatic N) is 3. The molecule has 9 nitrogen and oxygen atoms in total. The summed E-state index contributed by atoms with van der Waals surface area (Å²) in [5.74, 6) is 0.433. The fraction of sp³-hybridized carbons (Fsp3) is 0.444. The zero-order valence-electron chi connectivity index (χ0n) is 15.4. The number of rotatable bonds is 4. The van der Waals surface area contributed by atoms with Crippen LogP contribution in [-0.4, -0.2) is 32.3 Å². The molecule has 0 bridgehead atoms. The third-order valence-corrected chi connectivity index (χ3v) is 6.11. The van der Waals surface area contributed by atoms with Crippen LogP contribution in [0.3, 0.4) is 0 Å². The molecule has 29 heavy (non-hydrogen) atoms. The van der Waals surface area contributed by atoms with Crippen molar-refractivity contribution in [3.05, 3.63) is 38.5 Å². The van der Waals surface area contributed by atoms with Crippen LogP contribution in [0.4, 0.5) is 17.3 Å². The van der Waals surface area contributed by atoms with Crippen LogP contribution >= 0.6 is 23.2 Å². The van der Waals surface area contributed by atoms with Crippen LogP contribution in [0.5, 0.6) is 0 Å². The summed E-state index contributed by atoms with van der Waals surface area (Å²) in [6.07, 6.45) is 6.94. The van der Waals surface area contributed by atoms with E-state index in [2.05, 4.69) is 31.3 Å². The van der Waals surface area contributed by atoms with E-state index in [0.717, 1.165) is 38.5 Å². The standard InChI is InChI=1S/C18H19Cl2N7O2/c19-10-7-11(24-15-12(20)14(21-8-22-15)23-9-3-4-9)17(29)27-13(10)16(28)25-18(26-27)5-1-2-6-18/h7-9,26H,1-6H2,(H,25,28)(H2,21,22,23,24). The lowest BCUT2D eigenvalue weighted by Gasteiger charge is -2.38. The fourth-order valence-electron chi connectivity index (χ4n) is 3.83. The first-order valence-corrected chi connectivity index (χ1v) is 10.3. The molecular weight excluding hydrogens is 417 g/mol. The number of fused-ring (bicyclic) bond motifs is 1. The van der Waals surface area contributed by atoms with Gasteiger partial charge in [-0.05, 0) is 44.6 Å². The van der Waals surface area contributed by atoms with Gasteiger partial charge in [0.25, 0.3) is 11.5 Å². The van der Waals surface area contributed by atoms with Gasteiger partial charge < -0.3 is 16.0 Å². The molecule has 0 saturated heterocycles. The Hall–Kier alpha value is -2.52. The van der Waals surface area contributed by atoms with Gasteiger partial charge in [-0.15, -0.1) is 0 Å². The van der Waals surface area contributed by atoms with E-state index in [0.29, 0.717) is 11.9 Å². The minimum atomic E-state index is -0.621. The number of carbonyl (C=O) groups is 1. The van der Waals surface area contributed by atoms with Gasteiger partial charge in [-0.1, -0.05) is 23.2 Å². The Labute approximate surface area is 176 Å². The van der Waals surface area contributed by atoms with Crippen molar-refractivity contribution in [3.63, 3.8) is 0 Å². The zero-order valence-corrected chi connectivity index (χ0v) is 16.9. The molecule has 0 atom stereocenters. The number of nitrogens with one attached hydrogen (secondary N) is 4. The predicted octanol–water partition coefficient (Wildman–Crippen LogP) is 2.82. The monoisotopic (exact) mass is 435 g/mol. The molecule has 2 saturated carbocycles. The summed E-state index contributed by atoms with van der Waals surface area (Å²) >= 11 is 12.8. The van der Waals surface area contributed by atoms with E-state index in [1.165, 1.54) is 17.1 Å². The summed E-state index contributed by atoms with van der Waals surface area (Å²) in [6, 6.07) is 1.78. The van der Waals surface area contributed by atoms with Crippen LogP contribution in [0, 0.1) is 0 Å². The Morgan fingerprint density at radius 1 is 1.14 bits per heavy atom. The van der Waals surface area contributed by atoms with Gasteiger partial charge in [-0.3, -0.25) is 15.0 Å². The number of anilines is 3. The number of hydrogen-bond acceptors (Lipinski definition) is 7. The minimum absolute atomic E-state index is 0.0876. The van der Waals surface area contributed by atoms with E-state index < -0.39 is 11.2 Å². The molecule has 2 aliphatic carbocycles. The molecule has 152 valence electrons. The van der Waals surface area contributed by atoms with Crippen LogP contribution < -0.4 is 26.9 Å². The third-order valence-electron chi connectivity index (χ3n) is 5.47. The Kier molecular flexibility index (Phi) is 4.32. The lowest BCUT2D eigenvalue weighted by atomic mass is 10.1. The van der Waals surface area contributed by atoms with Gasteiger partial charge in [-0.2, -0.15) is 0 Å². The Balaban J connectivity index is 1.52. The number of carbonyl (C=O) groups excluding carboxylic acids is 1. The number of hydrogen-bond donors (Lipinski definition) is 4. The number of pyridine rings is 1. The van der Waals surface area contributed by atoms with Gasteiger partial charge in [0.2, 0.25) is 0 Å². The lowest BCUT2D eigenvalue weighted by molar-refractivity contribution is 0.0869. The summed E-state index contributed by atoms with van der Waals surface area (Å²) in [6.45, 7) is 0. The molecule has 5 rings (SSSR count). The van der Waals surface area contributed by atoms with Gasteiger partial charge >= 0.3 is 0 Å². The van der Waals surface area contributed by atoms with Gasteiger partial charge in [0.05, 0.1) is 5.02 Å². The summed E-state index contributed by atoms with van der Waals surface area (Å²) in [5.41, 5.74) is 2.36. The molecular formula is C18H19Cl2N7O2. The average molecular weight is 436 g/mol. The Morgan fingerprint density at radius 2 is 1.86 bits per heavy atom. The largest absolute Gasteiger partial charge is 0.366 e. The maximum Gasteiger partial charge on any atom is 0.293 e. The zero-order chi connectivity index (χ0) is 20.2. The maximum absolute atomic E-state index is 13.1. The smallest absolute Gasteiger partial charge is 0.293 e. The van der Waals surface area contributed by atoms with E-state index in [4.69, 9.17) is 23.2 Å². The molecule has 3 aliphatic rings. The Bertz CT molecular complexity index is 1060. The van der Waals surface area contributed by atoms with Crippen molar-refractivity contribution < 1.29 is 4.79 Å². The van der Waals surface area contributed by atoms with Crippen molar-refractivity contribution in [2.45, 2.75) is 50.2 Å². The number of amides is 1. The minimum Gasteiger partial charge on any atom is -0.366 e. The second kappa shape index (κ2) is 6.77. The summed E-state index contributed by atoms with van der Waals surface area (Å²) in [4.78, 5) is 34.1. The number of aromatic nitrogens is 3. The molecule has 2 aromatic rings. The van der Waals surface area contributed by atoms with Gasteiger partial charge in [-0.25, -0.2) is 14.6 Å². The molecule has 0 unspecified atom stereocenters. The maximum atomic E-state index is 13.1. The highest BCUT2D eigenvalue weighted by Gasteiger charge is 2.41. The highest BCUT2D eigenvalue weighted by molar-refractivity contribution is 6.35. The van der Waals surface area contributed by atoms with Crippen molar-refractivity contribution in [3.8, 4) is 0 Å². The second-order valence-electron chi connectivity index (χ2n) is 7.68. The Morgan fingerprint density at radius 3 is 2.59 bits per heavy atom. The van der Waals surface area contributed by atoms with E-state index in [1.807, 2.05) is 0 Å². The average Bonchev–Trinajstić information content (AvgIpc) is 3.40. The predicted molar refractivity (Wildman–Crippen MR) is 111 cm³/mol. The second-order valence-corrected chi connectivity index (χ2v) is 8.46. The van der Waals surface area contributed by atoms with E-state index in [1.54, 1.807) is 0 Å². The summed E-state index contributed by atoms with van der Waals surface area (Å²) < 4.78 is 1.23. The van der Waals surface area contributed by atoms with Crippen LogP contribution in [0.15, 0.2) is 17.2 Å². The molecule has 1 amide bonds. The van der Waals surface area contributed by atoms with Crippen LogP contribution in [0.1, 0.15) is 49.0 Å². The molecule has 1 aliphatic heterocycles.